The molecule has 0 unspecified atom stereocenters. The van der Waals surface area contributed by atoms with Crippen LogP contribution in [0.2, 0.25) is 0 Å². The zero-order chi connectivity index (χ0) is 11.3. The van der Waals surface area contributed by atoms with Crippen molar-refractivity contribution in [2.75, 3.05) is 39.9 Å². The fourth-order valence-corrected chi connectivity index (χ4v) is 2.02. The van der Waals surface area contributed by atoms with Gasteiger partial charge < -0.3 is 15.0 Å². The van der Waals surface area contributed by atoms with Crippen LogP contribution >= 0.6 is 0 Å². The highest BCUT2D eigenvalue weighted by atomic mass is 16.5. The van der Waals surface area contributed by atoms with E-state index >= 15 is 0 Å². The third-order valence-electron chi connectivity index (χ3n) is 2.87. The molecule has 1 amide bonds. The van der Waals surface area contributed by atoms with E-state index in [4.69, 9.17) is 4.74 Å². The zero-order valence-electron chi connectivity index (χ0n) is 10.0. The van der Waals surface area contributed by atoms with Gasteiger partial charge in [0.1, 0.15) is 0 Å². The largest absolute Gasteiger partial charge is 0.380 e. The van der Waals surface area contributed by atoms with Crippen molar-refractivity contribution in [2.45, 2.75) is 20.3 Å². The summed E-state index contributed by atoms with van der Waals surface area (Å²) in [5.41, 5.74) is 0.475. The van der Waals surface area contributed by atoms with Crippen LogP contribution in [0, 0.1) is 5.41 Å². The zero-order valence-corrected chi connectivity index (χ0v) is 10.0. The van der Waals surface area contributed by atoms with Crippen LogP contribution in [0.3, 0.4) is 0 Å². The summed E-state index contributed by atoms with van der Waals surface area (Å²) < 4.78 is 5.17. The lowest BCUT2D eigenvalue weighted by Gasteiger charge is -2.55. The highest BCUT2D eigenvalue weighted by Crippen LogP contribution is 2.37. The minimum absolute atomic E-state index is 0.130. The van der Waals surface area contributed by atoms with Crippen LogP contribution in [0.5, 0.6) is 0 Å². The van der Waals surface area contributed by atoms with Crippen LogP contribution in [0.4, 0.5) is 0 Å². The molecular formula is C11H22N2O2. The van der Waals surface area contributed by atoms with Crippen LogP contribution in [0.25, 0.3) is 0 Å². The van der Waals surface area contributed by atoms with Gasteiger partial charge in [0, 0.05) is 38.5 Å². The van der Waals surface area contributed by atoms with E-state index in [9.17, 15) is 4.79 Å². The molecule has 0 bridgehead atoms. The number of rotatable bonds is 3. The average molecular weight is 214 g/mol. The van der Waals surface area contributed by atoms with Crippen LogP contribution in [-0.2, 0) is 9.53 Å². The van der Waals surface area contributed by atoms with Gasteiger partial charge in [0.15, 0.2) is 0 Å². The lowest BCUT2D eigenvalue weighted by Crippen LogP contribution is -2.66. The molecule has 88 valence electrons. The molecule has 4 nitrogen and oxygen atoms in total. The molecule has 0 saturated carbocycles. The van der Waals surface area contributed by atoms with Crippen LogP contribution in [0.1, 0.15) is 20.3 Å². The number of amides is 1. The smallest absolute Gasteiger partial charge is 0.221 e. The Labute approximate surface area is 92.0 Å². The second-order valence-electron chi connectivity index (χ2n) is 4.13. The molecule has 2 saturated heterocycles. The molecule has 2 fully saturated rings. The molecule has 4 heteroatoms. The van der Waals surface area contributed by atoms with E-state index in [-0.39, 0.29) is 5.91 Å². The first kappa shape index (κ1) is 12.5. The standard InChI is InChI=1S/C9H16N2O2.C2H6/c1-10-8(12)2-3-11-4-9(5-11)6-13-7-9;1-2/h2-7H2,1H3,(H,10,12);1-2H3. The van der Waals surface area contributed by atoms with Gasteiger partial charge in [-0.05, 0) is 0 Å². The molecule has 0 atom stereocenters. The van der Waals surface area contributed by atoms with E-state index in [0.717, 1.165) is 32.8 Å². The van der Waals surface area contributed by atoms with Gasteiger partial charge >= 0.3 is 0 Å². The van der Waals surface area contributed by atoms with Gasteiger partial charge in [-0.25, -0.2) is 0 Å². The van der Waals surface area contributed by atoms with Gasteiger partial charge in [-0.15, -0.1) is 0 Å². The second kappa shape index (κ2) is 5.47. The number of carbonyl (C=O) groups is 1. The molecule has 2 rings (SSSR count). The van der Waals surface area contributed by atoms with Crippen molar-refractivity contribution in [3.63, 3.8) is 0 Å². The number of ether oxygens (including phenoxy) is 1. The van der Waals surface area contributed by atoms with E-state index in [1.807, 2.05) is 13.8 Å². The fourth-order valence-electron chi connectivity index (χ4n) is 2.02. The van der Waals surface area contributed by atoms with Crippen molar-refractivity contribution < 1.29 is 9.53 Å². The first-order chi connectivity index (χ1) is 7.24. The topological polar surface area (TPSA) is 41.6 Å². The molecule has 0 aliphatic carbocycles. The van der Waals surface area contributed by atoms with Crippen molar-refractivity contribution in [1.29, 1.82) is 0 Å². The van der Waals surface area contributed by atoms with Gasteiger partial charge in [-0.3, -0.25) is 4.79 Å². The van der Waals surface area contributed by atoms with Gasteiger partial charge in [-0.1, -0.05) is 13.8 Å². The maximum Gasteiger partial charge on any atom is 0.221 e. The monoisotopic (exact) mass is 214 g/mol. The number of carbonyl (C=O) groups excluding carboxylic acids is 1. The summed E-state index contributed by atoms with van der Waals surface area (Å²) in [5.74, 6) is 0.130. The Bertz CT molecular complexity index is 207. The van der Waals surface area contributed by atoms with Crippen molar-refractivity contribution in [3.8, 4) is 0 Å². The Morgan fingerprint density at radius 2 is 2.00 bits per heavy atom. The lowest BCUT2D eigenvalue weighted by molar-refractivity contribution is -0.188. The predicted molar refractivity (Wildman–Crippen MR) is 59.7 cm³/mol. The highest BCUT2D eigenvalue weighted by molar-refractivity contribution is 5.75. The number of hydrogen-bond acceptors (Lipinski definition) is 3. The van der Waals surface area contributed by atoms with E-state index in [1.165, 1.54) is 0 Å². The molecule has 15 heavy (non-hydrogen) atoms. The summed E-state index contributed by atoms with van der Waals surface area (Å²) in [4.78, 5) is 13.3. The van der Waals surface area contributed by atoms with E-state index in [1.54, 1.807) is 7.05 Å². The number of nitrogens with one attached hydrogen (secondary N) is 1. The predicted octanol–water partition coefficient (Wildman–Crippen LogP) is 0.481. The third-order valence-corrected chi connectivity index (χ3v) is 2.87. The molecule has 0 radical (unpaired) electrons. The van der Waals surface area contributed by atoms with Gasteiger partial charge in [0.05, 0.1) is 13.2 Å². The van der Waals surface area contributed by atoms with Crippen LogP contribution in [-0.4, -0.2) is 50.7 Å². The van der Waals surface area contributed by atoms with Crippen molar-refractivity contribution in [1.82, 2.24) is 10.2 Å². The molecule has 0 aromatic heterocycles. The SMILES string of the molecule is CC.CNC(=O)CCN1CC2(COC2)C1. The average Bonchev–Trinajstić information content (AvgIpc) is 2.16. The Balaban J connectivity index is 0.000000531. The molecule has 2 aliphatic rings. The van der Waals surface area contributed by atoms with E-state index < -0.39 is 0 Å². The normalized spacial score (nSPS) is 22.1. The number of nitrogens with zero attached hydrogens (tertiary/aromatic N) is 1. The Hall–Kier alpha value is -0.610. The molecule has 1 spiro atoms. The van der Waals surface area contributed by atoms with Crippen molar-refractivity contribution in [2.24, 2.45) is 5.41 Å². The summed E-state index contributed by atoms with van der Waals surface area (Å²) in [6, 6.07) is 0. The minimum atomic E-state index is 0.130. The molecule has 2 aliphatic heterocycles. The van der Waals surface area contributed by atoms with Gasteiger partial charge in [0.2, 0.25) is 5.91 Å². The minimum Gasteiger partial charge on any atom is -0.380 e. The Morgan fingerprint density at radius 1 is 1.40 bits per heavy atom. The van der Waals surface area contributed by atoms with Crippen LogP contribution in [0.15, 0.2) is 0 Å². The Morgan fingerprint density at radius 3 is 2.40 bits per heavy atom. The maximum atomic E-state index is 10.9. The third kappa shape index (κ3) is 2.92. The van der Waals surface area contributed by atoms with Crippen molar-refractivity contribution >= 4 is 5.91 Å². The quantitative estimate of drug-likeness (QED) is 0.743. The van der Waals surface area contributed by atoms with Gasteiger partial charge in [0.25, 0.3) is 0 Å². The summed E-state index contributed by atoms with van der Waals surface area (Å²) in [6.45, 7) is 8.96. The molecule has 0 aromatic carbocycles. The number of hydrogen-bond donors (Lipinski definition) is 1. The summed E-state index contributed by atoms with van der Waals surface area (Å²) in [6.07, 6.45) is 0.618. The molecule has 0 aromatic rings. The van der Waals surface area contributed by atoms with E-state index in [0.29, 0.717) is 11.8 Å². The number of likely N-dealkylation sites (tertiary alicyclic amines) is 1. The molecular weight excluding hydrogens is 192 g/mol. The molecule has 1 N–H and O–H groups in total. The highest BCUT2D eigenvalue weighted by Gasteiger charge is 2.48. The summed E-state index contributed by atoms with van der Waals surface area (Å²) in [7, 11) is 1.68. The summed E-state index contributed by atoms with van der Waals surface area (Å²) >= 11 is 0. The van der Waals surface area contributed by atoms with Gasteiger partial charge in [-0.2, -0.15) is 0 Å². The van der Waals surface area contributed by atoms with Crippen LogP contribution < -0.4 is 5.32 Å². The van der Waals surface area contributed by atoms with Crippen molar-refractivity contribution in [3.05, 3.63) is 0 Å². The fraction of sp³-hybridized carbons (Fsp3) is 0.909. The second-order valence-corrected chi connectivity index (χ2v) is 4.13. The Kier molecular flexibility index (Phi) is 4.54. The first-order valence-corrected chi connectivity index (χ1v) is 5.75. The first-order valence-electron chi connectivity index (χ1n) is 5.75. The summed E-state index contributed by atoms with van der Waals surface area (Å²) in [5, 5.41) is 2.63. The molecule has 2 heterocycles. The van der Waals surface area contributed by atoms with E-state index in [2.05, 4.69) is 10.2 Å². The maximum absolute atomic E-state index is 10.9. The lowest BCUT2D eigenvalue weighted by atomic mass is 9.78.